The van der Waals surface area contributed by atoms with Crippen LogP contribution in [0, 0.1) is 6.92 Å². The number of thiazole rings is 1. The Morgan fingerprint density at radius 1 is 1.33 bits per heavy atom. The average molecular weight is 309 g/mol. The van der Waals surface area contributed by atoms with Crippen LogP contribution in [0.3, 0.4) is 0 Å². The molecule has 6 heteroatoms. The molecule has 1 saturated carbocycles. The van der Waals surface area contributed by atoms with Gasteiger partial charge >= 0.3 is 0 Å². The van der Waals surface area contributed by atoms with Crippen molar-refractivity contribution in [1.82, 2.24) is 14.8 Å². The highest BCUT2D eigenvalue weighted by Gasteiger charge is 2.42. The van der Waals surface area contributed by atoms with E-state index in [4.69, 9.17) is 0 Å². The topological polar surface area (TPSA) is 56.7 Å². The van der Waals surface area contributed by atoms with Gasteiger partial charge in [0, 0.05) is 38.1 Å². The molecule has 1 aliphatic heterocycles. The molecule has 1 aromatic heterocycles. The zero-order valence-corrected chi connectivity index (χ0v) is 13.4. The number of carbonyl (C=O) groups excluding carboxylic acids is 1. The fourth-order valence-electron chi connectivity index (χ4n) is 3.29. The van der Waals surface area contributed by atoms with Gasteiger partial charge in [-0.15, -0.1) is 11.3 Å². The largest absolute Gasteiger partial charge is 0.380 e. The van der Waals surface area contributed by atoms with Gasteiger partial charge in [-0.2, -0.15) is 0 Å². The summed E-state index contributed by atoms with van der Waals surface area (Å²) >= 11 is 1.68. The monoisotopic (exact) mass is 309 g/mol. The van der Waals surface area contributed by atoms with Crippen molar-refractivity contribution in [3.63, 3.8) is 0 Å². The number of piperazine rings is 1. The van der Waals surface area contributed by atoms with Crippen LogP contribution in [-0.2, 0) is 11.3 Å². The number of aromatic nitrogens is 1. The minimum atomic E-state index is -1.08. The van der Waals surface area contributed by atoms with Crippen molar-refractivity contribution in [1.29, 1.82) is 0 Å². The molecule has 2 fully saturated rings. The molecule has 0 aromatic carbocycles. The molecular formula is C15H23N3O2S. The summed E-state index contributed by atoms with van der Waals surface area (Å²) in [5.74, 6) is -0.0517. The normalized spacial score (nSPS) is 22.7. The molecule has 0 radical (unpaired) electrons. The van der Waals surface area contributed by atoms with Gasteiger partial charge in [0.2, 0.25) is 0 Å². The molecule has 2 heterocycles. The van der Waals surface area contributed by atoms with Gasteiger partial charge in [0.25, 0.3) is 5.91 Å². The molecule has 0 unspecified atom stereocenters. The van der Waals surface area contributed by atoms with Crippen molar-refractivity contribution in [3.05, 3.63) is 16.1 Å². The number of hydrogen-bond donors (Lipinski definition) is 1. The third-order valence-electron chi connectivity index (χ3n) is 4.54. The predicted molar refractivity (Wildman–Crippen MR) is 82.1 cm³/mol. The summed E-state index contributed by atoms with van der Waals surface area (Å²) in [5, 5.41) is 13.6. The van der Waals surface area contributed by atoms with E-state index in [2.05, 4.69) is 15.3 Å². The van der Waals surface area contributed by atoms with Crippen LogP contribution in [-0.4, -0.2) is 57.6 Å². The summed E-state index contributed by atoms with van der Waals surface area (Å²) in [6.07, 6.45) is 3.19. The second-order valence-corrected chi connectivity index (χ2v) is 7.23. The number of rotatable bonds is 3. The fourth-order valence-corrected chi connectivity index (χ4v) is 3.89. The molecule has 1 aromatic rings. The molecule has 0 bridgehead atoms. The van der Waals surface area contributed by atoms with Crippen molar-refractivity contribution in [2.45, 2.75) is 44.8 Å². The lowest BCUT2D eigenvalue weighted by molar-refractivity contribution is -0.152. The van der Waals surface area contributed by atoms with Crippen molar-refractivity contribution >= 4 is 17.2 Å². The van der Waals surface area contributed by atoms with E-state index in [1.54, 1.807) is 11.3 Å². The molecule has 5 nitrogen and oxygen atoms in total. The molecule has 0 spiro atoms. The highest BCUT2D eigenvalue weighted by atomic mass is 32.1. The molecule has 2 aliphatic rings. The van der Waals surface area contributed by atoms with E-state index >= 15 is 0 Å². The predicted octanol–water partition coefficient (Wildman–Crippen LogP) is 1.40. The molecule has 0 atom stereocenters. The number of aliphatic hydroxyl groups is 1. The van der Waals surface area contributed by atoms with Gasteiger partial charge in [0.05, 0.1) is 10.7 Å². The lowest BCUT2D eigenvalue weighted by atomic mass is 10.00. The standard InChI is InChI=1S/C15H23N3O2S/c1-12-16-13(11-21-12)10-17-6-8-18(9-7-17)14(19)15(20)4-2-3-5-15/h11,20H,2-10H2,1H3. The first-order chi connectivity index (χ1) is 10.1. The van der Waals surface area contributed by atoms with Gasteiger partial charge < -0.3 is 10.0 Å². The van der Waals surface area contributed by atoms with Crippen LogP contribution >= 0.6 is 11.3 Å². The first-order valence-electron chi connectivity index (χ1n) is 7.72. The summed E-state index contributed by atoms with van der Waals surface area (Å²) in [5.41, 5.74) is 0.0421. The molecule has 21 heavy (non-hydrogen) atoms. The van der Waals surface area contributed by atoms with E-state index in [-0.39, 0.29) is 5.91 Å². The second-order valence-electron chi connectivity index (χ2n) is 6.16. The Morgan fingerprint density at radius 2 is 2.00 bits per heavy atom. The van der Waals surface area contributed by atoms with E-state index < -0.39 is 5.60 Å². The highest BCUT2D eigenvalue weighted by molar-refractivity contribution is 7.09. The van der Waals surface area contributed by atoms with Gasteiger partial charge in [0.1, 0.15) is 5.60 Å². The first-order valence-corrected chi connectivity index (χ1v) is 8.60. The molecule has 116 valence electrons. The first kappa shape index (κ1) is 14.9. The van der Waals surface area contributed by atoms with Crippen LogP contribution < -0.4 is 0 Å². The minimum Gasteiger partial charge on any atom is -0.380 e. The van der Waals surface area contributed by atoms with Crippen molar-refractivity contribution in [3.8, 4) is 0 Å². The highest BCUT2D eigenvalue weighted by Crippen LogP contribution is 2.31. The summed E-state index contributed by atoms with van der Waals surface area (Å²) in [7, 11) is 0. The van der Waals surface area contributed by atoms with Gasteiger partial charge in [-0.1, -0.05) is 0 Å². The lowest BCUT2D eigenvalue weighted by Crippen LogP contribution is -2.54. The van der Waals surface area contributed by atoms with Crippen molar-refractivity contribution in [2.75, 3.05) is 26.2 Å². The van der Waals surface area contributed by atoms with Crippen LogP contribution in [0.15, 0.2) is 5.38 Å². The summed E-state index contributed by atoms with van der Waals surface area (Å²) in [4.78, 5) is 21.1. The average Bonchev–Trinajstić information content (AvgIpc) is 3.09. The molecular weight excluding hydrogens is 286 g/mol. The summed E-state index contributed by atoms with van der Waals surface area (Å²) in [6.45, 7) is 6.02. The van der Waals surface area contributed by atoms with E-state index in [0.717, 1.165) is 43.2 Å². The second kappa shape index (κ2) is 6.02. The molecule has 1 N–H and O–H groups in total. The van der Waals surface area contributed by atoms with Crippen molar-refractivity contribution < 1.29 is 9.90 Å². The van der Waals surface area contributed by atoms with Gasteiger partial charge in [-0.3, -0.25) is 9.69 Å². The Labute approximate surface area is 129 Å². The Kier molecular flexibility index (Phi) is 4.28. The molecule has 1 amide bonds. The van der Waals surface area contributed by atoms with Gasteiger partial charge in [-0.25, -0.2) is 4.98 Å². The summed E-state index contributed by atoms with van der Waals surface area (Å²) in [6, 6.07) is 0. The van der Waals surface area contributed by atoms with E-state index in [1.165, 1.54) is 0 Å². The molecule has 1 aliphatic carbocycles. The minimum absolute atomic E-state index is 0.0517. The number of aryl methyl sites for hydroxylation is 1. The third kappa shape index (κ3) is 3.27. The van der Waals surface area contributed by atoms with Crippen LogP contribution in [0.25, 0.3) is 0 Å². The van der Waals surface area contributed by atoms with E-state index in [9.17, 15) is 9.90 Å². The number of carbonyl (C=O) groups is 1. The Bertz CT molecular complexity index is 503. The van der Waals surface area contributed by atoms with Crippen molar-refractivity contribution in [2.24, 2.45) is 0 Å². The fraction of sp³-hybridized carbons (Fsp3) is 0.733. The van der Waals surface area contributed by atoms with Gasteiger partial charge in [-0.05, 0) is 32.6 Å². The number of hydrogen-bond acceptors (Lipinski definition) is 5. The third-order valence-corrected chi connectivity index (χ3v) is 5.36. The molecule has 1 saturated heterocycles. The van der Waals surface area contributed by atoms with Gasteiger partial charge in [0.15, 0.2) is 0 Å². The molecule has 3 rings (SSSR count). The number of amides is 1. The van der Waals surface area contributed by atoms with Crippen LogP contribution in [0.5, 0.6) is 0 Å². The maximum absolute atomic E-state index is 12.4. The van der Waals surface area contributed by atoms with Crippen LogP contribution in [0.4, 0.5) is 0 Å². The quantitative estimate of drug-likeness (QED) is 0.917. The Balaban J connectivity index is 1.52. The lowest BCUT2D eigenvalue weighted by Gasteiger charge is -2.37. The Hall–Kier alpha value is -0.980. The smallest absolute Gasteiger partial charge is 0.254 e. The maximum atomic E-state index is 12.4. The summed E-state index contributed by atoms with van der Waals surface area (Å²) < 4.78 is 0. The SMILES string of the molecule is Cc1nc(CN2CCN(C(=O)C3(O)CCCC3)CC2)cs1. The van der Waals surface area contributed by atoms with Crippen LogP contribution in [0.2, 0.25) is 0 Å². The van der Waals surface area contributed by atoms with E-state index in [0.29, 0.717) is 25.9 Å². The van der Waals surface area contributed by atoms with E-state index in [1.807, 2.05) is 11.8 Å². The Morgan fingerprint density at radius 3 is 2.57 bits per heavy atom. The number of nitrogens with zero attached hydrogens (tertiary/aromatic N) is 3. The zero-order valence-electron chi connectivity index (χ0n) is 12.5. The van der Waals surface area contributed by atoms with Crippen LogP contribution in [0.1, 0.15) is 36.4 Å². The zero-order chi connectivity index (χ0) is 14.9. The maximum Gasteiger partial charge on any atom is 0.254 e.